The monoisotopic (exact) mass is 195 g/mol. The molecule has 3 nitrogen and oxygen atoms in total. The quantitative estimate of drug-likeness (QED) is 0.660. The van der Waals surface area contributed by atoms with E-state index in [0.717, 1.165) is 0 Å². The third kappa shape index (κ3) is 9.72. The lowest BCUT2D eigenvalue weighted by atomic mass is 9.88. The molecule has 0 aromatic carbocycles. The van der Waals surface area contributed by atoms with E-state index in [1.807, 2.05) is 20.8 Å². The van der Waals surface area contributed by atoms with Gasteiger partial charge in [0.2, 0.25) is 0 Å². The predicted molar refractivity (Wildman–Crippen MR) is 51.5 cm³/mol. The molecule has 0 amide bonds. The zero-order chi connectivity index (χ0) is 10.4. The first-order valence-electron chi connectivity index (χ1n) is 3.69. The number of carbonyl (C=O) groups is 1. The minimum Gasteiger partial charge on any atom is -0.480 e. The Morgan fingerprint density at radius 2 is 1.83 bits per heavy atom. The van der Waals surface area contributed by atoms with Crippen molar-refractivity contribution in [1.82, 2.24) is 0 Å². The van der Waals surface area contributed by atoms with E-state index < -0.39 is 12.0 Å². The summed E-state index contributed by atoms with van der Waals surface area (Å²) in [6, 6.07) is -0.722. The highest BCUT2D eigenvalue weighted by atomic mass is 35.5. The molecule has 74 valence electrons. The summed E-state index contributed by atoms with van der Waals surface area (Å²) in [5.74, 6) is -0.921. The van der Waals surface area contributed by atoms with Gasteiger partial charge < -0.3 is 10.8 Å². The Labute approximate surface area is 78.9 Å². The summed E-state index contributed by atoms with van der Waals surface area (Å²) in [6.07, 6.45) is 1.99. The Morgan fingerprint density at radius 3 is 1.92 bits per heavy atom. The van der Waals surface area contributed by atoms with Crippen molar-refractivity contribution in [2.45, 2.75) is 33.2 Å². The van der Waals surface area contributed by atoms with Crippen LogP contribution in [0.3, 0.4) is 0 Å². The molecule has 0 rings (SSSR count). The fraction of sp³-hybridized carbons (Fsp3) is 0.875. The normalized spacial score (nSPS) is 12.8. The van der Waals surface area contributed by atoms with Crippen molar-refractivity contribution in [3.8, 4) is 0 Å². The molecule has 0 radical (unpaired) electrons. The van der Waals surface area contributed by atoms with Gasteiger partial charge in [0.05, 0.1) is 0 Å². The van der Waals surface area contributed by atoms with Crippen molar-refractivity contribution >= 4 is 17.6 Å². The highest BCUT2D eigenvalue weighted by Crippen LogP contribution is 2.19. The zero-order valence-corrected chi connectivity index (χ0v) is 8.85. The molecule has 0 saturated heterocycles. The predicted octanol–water partition coefficient (Wildman–Crippen LogP) is 1.69. The first-order chi connectivity index (χ1) is 5.33. The summed E-state index contributed by atoms with van der Waals surface area (Å²) >= 11 is 4.64. The SMILES string of the molecule is CC(C)(C)CC(N)C(=O)O.CCl. The molecule has 12 heavy (non-hydrogen) atoms. The van der Waals surface area contributed by atoms with Crippen molar-refractivity contribution < 1.29 is 9.90 Å². The molecule has 0 bridgehead atoms. The van der Waals surface area contributed by atoms with Crippen molar-refractivity contribution in [2.24, 2.45) is 11.1 Å². The molecule has 0 aromatic rings. The summed E-state index contributed by atoms with van der Waals surface area (Å²) in [7, 11) is 0. The Kier molecular flexibility index (Phi) is 7.44. The number of carboxylic acid groups (broad SMARTS) is 1. The van der Waals surface area contributed by atoms with Gasteiger partial charge in [0.25, 0.3) is 0 Å². The molecule has 0 aliphatic carbocycles. The summed E-state index contributed by atoms with van der Waals surface area (Å²) in [6.45, 7) is 5.90. The van der Waals surface area contributed by atoms with Crippen LogP contribution >= 0.6 is 11.6 Å². The van der Waals surface area contributed by atoms with Crippen LogP contribution < -0.4 is 5.73 Å². The van der Waals surface area contributed by atoms with Gasteiger partial charge in [-0.3, -0.25) is 4.79 Å². The number of hydrogen-bond acceptors (Lipinski definition) is 2. The van der Waals surface area contributed by atoms with E-state index in [9.17, 15) is 4.79 Å². The highest BCUT2D eigenvalue weighted by Gasteiger charge is 2.20. The Balaban J connectivity index is 0. The van der Waals surface area contributed by atoms with Crippen molar-refractivity contribution in [1.29, 1.82) is 0 Å². The minimum absolute atomic E-state index is 0.00218. The molecule has 1 atom stereocenters. The van der Waals surface area contributed by atoms with E-state index in [1.54, 1.807) is 0 Å². The van der Waals surface area contributed by atoms with Gasteiger partial charge in [-0.1, -0.05) is 20.8 Å². The van der Waals surface area contributed by atoms with E-state index in [-0.39, 0.29) is 5.41 Å². The summed E-state index contributed by atoms with van der Waals surface area (Å²) < 4.78 is 0. The third-order valence-electron chi connectivity index (χ3n) is 1.15. The van der Waals surface area contributed by atoms with E-state index >= 15 is 0 Å². The molecule has 4 heteroatoms. The van der Waals surface area contributed by atoms with E-state index in [0.29, 0.717) is 6.42 Å². The Hall–Kier alpha value is -0.280. The zero-order valence-electron chi connectivity index (χ0n) is 8.10. The number of nitrogens with two attached hydrogens (primary N) is 1. The lowest BCUT2D eigenvalue weighted by Gasteiger charge is -2.20. The molecular weight excluding hydrogens is 178 g/mol. The number of aliphatic carboxylic acids is 1. The summed E-state index contributed by atoms with van der Waals surface area (Å²) in [5, 5.41) is 8.42. The van der Waals surface area contributed by atoms with E-state index in [1.165, 1.54) is 6.38 Å². The van der Waals surface area contributed by atoms with Gasteiger partial charge in [0, 0.05) is 6.38 Å². The summed E-state index contributed by atoms with van der Waals surface area (Å²) in [5.41, 5.74) is 5.30. The second kappa shape index (κ2) is 6.26. The number of hydrogen-bond donors (Lipinski definition) is 2. The average molecular weight is 196 g/mol. The first kappa shape index (κ1) is 14.3. The van der Waals surface area contributed by atoms with Gasteiger partial charge in [0.15, 0.2) is 0 Å². The van der Waals surface area contributed by atoms with Gasteiger partial charge in [-0.05, 0) is 11.8 Å². The largest absolute Gasteiger partial charge is 0.480 e. The maximum atomic E-state index is 10.3. The van der Waals surface area contributed by atoms with Crippen LogP contribution in [0, 0.1) is 5.41 Å². The fourth-order valence-electron chi connectivity index (χ4n) is 0.747. The average Bonchev–Trinajstić information content (AvgIpc) is 1.88. The first-order valence-corrected chi connectivity index (χ1v) is 4.45. The van der Waals surface area contributed by atoms with E-state index in [4.69, 9.17) is 10.8 Å². The van der Waals surface area contributed by atoms with Crippen LogP contribution in [0.15, 0.2) is 0 Å². The standard InChI is InChI=1S/C7H15NO2.CH3Cl/c1-7(2,3)4-5(8)6(9)10;1-2/h5H,4,8H2,1-3H3,(H,9,10);1H3. The van der Waals surface area contributed by atoms with Crippen LogP contribution in [0.2, 0.25) is 0 Å². The maximum Gasteiger partial charge on any atom is 0.320 e. The topological polar surface area (TPSA) is 63.3 Å². The van der Waals surface area contributed by atoms with Crippen LogP contribution in [0.25, 0.3) is 0 Å². The molecule has 0 fully saturated rings. The number of rotatable bonds is 2. The lowest BCUT2D eigenvalue weighted by Crippen LogP contribution is -2.34. The molecule has 0 saturated carbocycles. The van der Waals surface area contributed by atoms with Gasteiger partial charge in [-0.2, -0.15) is 0 Å². The van der Waals surface area contributed by atoms with Crippen LogP contribution in [0.4, 0.5) is 0 Å². The molecule has 0 spiro atoms. The van der Waals surface area contributed by atoms with Crippen LogP contribution in [-0.2, 0) is 4.79 Å². The molecule has 0 aliphatic heterocycles. The van der Waals surface area contributed by atoms with Gasteiger partial charge in [0.1, 0.15) is 6.04 Å². The van der Waals surface area contributed by atoms with Gasteiger partial charge in [-0.25, -0.2) is 0 Å². The molecule has 3 N–H and O–H groups in total. The fourth-order valence-corrected chi connectivity index (χ4v) is 0.747. The van der Waals surface area contributed by atoms with Crippen LogP contribution in [0.5, 0.6) is 0 Å². The van der Waals surface area contributed by atoms with E-state index in [2.05, 4.69) is 11.6 Å². The molecule has 1 unspecified atom stereocenters. The Bertz CT molecular complexity index is 132. The molecular formula is C8H18ClNO2. The van der Waals surface area contributed by atoms with Gasteiger partial charge in [-0.15, -0.1) is 11.6 Å². The van der Waals surface area contributed by atoms with Gasteiger partial charge >= 0.3 is 5.97 Å². The van der Waals surface area contributed by atoms with Crippen molar-refractivity contribution in [2.75, 3.05) is 6.38 Å². The number of alkyl halides is 1. The molecule has 0 heterocycles. The van der Waals surface area contributed by atoms with Crippen LogP contribution in [-0.4, -0.2) is 23.5 Å². The Morgan fingerprint density at radius 1 is 1.50 bits per heavy atom. The number of carboxylic acids is 1. The number of halogens is 1. The third-order valence-corrected chi connectivity index (χ3v) is 1.15. The van der Waals surface area contributed by atoms with Crippen molar-refractivity contribution in [3.63, 3.8) is 0 Å². The molecule has 0 aromatic heterocycles. The second-order valence-corrected chi connectivity index (χ2v) is 3.71. The second-order valence-electron chi connectivity index (χ2n) is 3.71. The smallest absolute Gasteiger partial charge is 0.320 e. The van der Waals surface area contributed by atoms with Crippen LogP contribution in [0.1, 0.15) is 27.2 Å². The van der Waals surface area contributed by atoms with Crippen molar-refractivity contribution in [3.05, 3.63) is 0 Å². The summed E-state index contributed by atoms with van der Waals surface area (Å²) in [4.78, 5) is 10.3. The molecule has 0 aliphatic rings. The lowest BCUT2D eigenvalue weighted by molar-refractivity contribution is -0.139. The maximum absolute atomic E-state index is 10.3. The highest BCUT2D eigenvalue weighted by molar-refractivity contribution is 6.15. The minimum atomic E-state index is -0.921.